The minimum Gasteiger partial charge on any atom is -0.471 e. The molecule has 4 nitrogen and oxygen atoms in total. The van der Waals surface area contributed by atoms with Crippen LogP contribution in [0.15, 0.2) is 45.6 Å². The van der Waals surface area contributed by atoms with E-state index in [1.807, 2.05) is 25.1 Å². The first-order chi connectivity index (χ1) is 12.1. The molecule has 3 aromatic rings. The highest BCUT2D eigenvalue weighted by molar-refractivity contribution is 6.33. The van der Waals surface area contributed by atoms with E-state index in [2.05, 4.69) is 24.0 Å². The number of hydrogen-bond donors (Lipinski definition) is 0. The average Bonchev–Trinajstić information content (AvgIpc) is 2.62. The quantitative estimate of drug-likeness (QED) is 0.626. The summed E-state index contributed by atoms with van der Waals surface area (Å²) >= 11 is 6.45. The zero-order valence-corrected chi connectivity index (χ0v) is 14.9. The summed E-state index contributed by atoms with van der Waals surface area (Å²) in [6, 6.07) is 11.5. The van der Waals surface area contributed by atoms with Gasteiger partial charge in [0.1, 0.15) is 11.3 Å². The fourth-order valence-corrected chi connectivity index (χ4v) is 3.69. The van der Waals surface area contributed by atoms with Crippen LogP contribution in [0.3, 0.4) is 0 Å². The maximum Gasteiger partial charge on any atom is 0.336 e. The van der Waals surface area contributed by atoms with Gasteiger partial charge in [0.05, 0.1) is 17.1 Å². The van der Waals surface area contributed by atoms with E-state index in [-0.39, 0.29) is 5.63 Å². The summed E-state index contributed by atoms with van der Waals surface area (Å²) in [4.78, 5) is 14.1. The minimum atomic E-state index is -0.345. The van der Waals surface area contributed by atoms with Gasteiger partial charge in [0, 0.05) is 17.1 Å². The third-order valence-corrected chi connectivity index (χ3v) is 4.95. The van der Waals surface area contributed by atoms with Gasteiger partial charge in [-0.3, -0.25) is 0 Å². The van der Waals surface area contributed by atoms with E-state index >= 15 is 0 Å². The maximum absolute atomic E-state index is 12.0. The van der Waals surface area contributed by atoms with Crippen LogP contribution in [0.1, 0.15) is 23.6 Å². The molecule has 128 valence electrons. The summed E-state index contributed by atoms with van der Waals surface area (Å²) in [5.41, 5.74) is 4.24. The second-order valence-electron chi connectivity index (χ2n) is 6.24. The van der Waals surface area contributed by atoms with Gasteiger partial charge in [0.15, 0.2) is 6.73 Å². The molecule has 0 fully saturated rings. The van der Waals surface area contributed by atoms with Crippen LogP contribution in [0.4, 0.5) is 5.69 Å². The molecule has 25 heavy (non-hydrogen) atoms. The summed E-state index contributed by atoms with van der Waals surface area (Å²) in [6.45, 7) is 5.06. The number of fused-ring (bicyclic) bond motifs is 3. The minimum absolute atomic E-state index is 0.345. The lowest BCUT2D eigenvalue weighted by atomic mass is 10.0. The molecule has 2 heterocycles. The van der Waals surface area contributed by atoms with Crippen LogP contribution in [0.2, 0.25) is 5.02 Å². The molecule has 0 saturated heterocycles. The lowest BCUT2D eigenvalue weighted by molar-refractivity contribution is 0.289. The van der Waals surface area contributed by atoms with E-state index in [0.29, 0.717) is 29.6 Å². The molecule has 5 heteroatoms. The Bertz CT molecular complexity index is 1030. The fraction of sp³-hybridized carbons (Fsp3) is 0.250. The number of hydrogen-bond acceptors (Lipinski definition) is 4. The molecule has 1 aromatic heterocycles. The highest BCUT2D eigenvalue weighted by atomic mass is 35.5. The van der Waals surface area contributed by atoms with E-state index < -0.39 is 0 Å². The first-order valence-corrected chi connectivity index (χ1v) is 8.67. The van der Waals surface area contributed by atoms with Crippen molar-refractivity contribution >= 4 is 28.3 Å². The Hall–Kier alpha value is -2.46. The Morgan fingerprint density at radius 2 is 2.04 bits per heavy atom. The number of aryl methyl sites for hydroxylation is 2. The standard InChI is InChI=1S/C20H18ClNO3/c1-3-13-8-18(23)25-19-14(13)9-16(21)20-15(19)10-22(11-24-20)17-7-5-4-6-12(17)2/h4-9H,3,10-11H2,1-2H3. The smallest absolute Gasteiger partial charge is 0.336 e. The van der Waals surface area contributed by atoms with Crippen molar-refractivity contribution in [3.8, 4) is 5.75 Å². The van der Waals surface area contributed by atoms with Crippen LogP contribution in [-0.2, 0) is 13.0 Å². The van der Waals surface area contributed by atoms with Crippen molar-refractivity contribution < 1.29 is 9.15 Å². The molecule has 0 aliphatic carbocycles. The van der Waals surface area contributed by atoms with Gasteiger partial charge in [-0.05, 0) is 36.6 Å². The normalized spacial score (nSPS) is 13.6. The lowest BCUT2D eigenvalue weighted by Crippen LogP contribution is -2.32. The molecule has 0 N–H and O–H groups in total. The van der Waals surface area contributed by atoms with Gasteiger partial charge >= 0.3 is 5.63 Å². The van der Waals surface area contributed by atoms with Crippen molar-refractivity contribution in [1.82, 2.24) is 0 Å². The molecule has 4 rings (SSSR count). The number of halogens is 1. The molecule has 0 atom stereocenters. The van der Waals surface area contributed by atoms with E-state index in [0.717, 1.165) is 34.2 Å². The third-order valence-electron chi connectivity index (χ3n) is 4.67. The molecule has 2 aromatic carbocycles. The van der Waals surface area contributed by atoms with Crippen molar-refractivity contribution in [3.63, 3.8) is 0 Å². The summed E-state index contributed by atoms with van der Waals surface area (Å²) in [7, 11) is 0. The van der Waals surface area contributed by atoms with Crippen molar-refractivity contribution in [2.24, 2.45) is 0 Å². The van der Waals surface area contributed by atoms with Gasteiger partial charge in [-0.2, -0.15) is 0 Å². The second-order valence-corrected chi connectivity index (χ2v) is 6.65. The van der Waals surface area contributed by atoms with Gasteiger partial charge in [-0.1, -0.05) is 36.7 Å². The Morgan fingerprint density at radius 1 is 1.24 bits per heavy atom. The molecule has 1 aliphatic rings. The number of anilines is 1. The molecule has 0 unspecified atom stereocenters. The van der Waals surface area contributed by atoms with Crippen LogP contribution < -0.4 is 15.3 Å². The summed E-state index contributed by atoms with van der Waals surface area (Å²) in [6.07, 6.45) is 0.736. The number of nitrogens with zero attached hydrogens (tertiary/aromatic N) is 1. The second kappa shape index (κ2) is 6.12. The SMILES string of the molecule is CCc1cc(=O)oc2c3c(c(Cl)cc12)OCN(c1ccccc1C)C3. The zero-order valence-electron chi connectivity index (χ0n) is 14.1. The van der Waals surface area contributed by atoms with Gasteiger partial charge in [-0.25, -0.2) is 4.79 Å². The molecule has 0 saturated carbocycles. The van der Waals surface area contributed by atoms with Crippen LogP contribution in [-0.4, -0.2) is 6.73 Å². The van der Waals surface area contributed by atoms with Crippen LogP contribution in [0, 0.1) is 6.92 Å². The number of rotatable bonds is 2. The van der Waals surface area contributed by atoms with Gasteiger partial charge in [0.25, 0.3) is 0 Å². The highest BCUT2D eigenvalue weighted by Crippen LogP contribution is 2.40. The van der Waals surface area contributed by atoms with Crippen LogP contribution in [0.5, 0.6) is 5.75 Å². The molecule has 0 bridgehead atoms. The average molecular weight is 356 g/mol. The predicted octanol–water partition coefficient (Wildman–Crippen LogP) is 4.67. The predicted molar refractivity (Wildman–Crippen MR) is 99.7 cm³/mol. The first-order valence-electron chi connectivity index (χ1n) is 8.30. The van der Waals surface area contributed by atoms with E-state index in [1.165, 1.54) is 6.07 Å². The van der Waals surface area contributed by atoms with E-state index in [9.17, 15) is 4.79 Å². The van der Waals surface area contributed by atoms with E-state index in [4.69, 9.17) is 20.8 Å². The number of ether oxygens (including phenoxy) is 1. The van der Waals surface area contributed by atoms with Gasteiger partial charge in [0.2, 0.25) is 0 Å². The third kappa shape index (κ3) is 2.67. The molecule has 0 amide bonds. The van der Waals surface area contributed by atoms with Crippen molar-refractivity contribution in [2.75, 3.05) is 11.6 Å². The topological polar surface area (TPSA) is 42.7 Å². The molecule has 0 radical (unpaired) electrons. The summed E-state index contributed by atoms with van der Waals surface area (Å²) < 4.78 is 11.5. The van der Waals surface area contributed by atoms with Gasteiger partial charge in [-0.15, -0.1) is 0 Å². The number of benzene rings is 2. The number of para-hydroxylation sites is 1. The molecule has 0 spiro atoms. The summed E-state index contributed by atoms with van der Waals surface area (Å²) in [5, 5.41) is 1.43. The largest absolute Gasteiger partial charge is 0.471 e. The van der Waals surface area contributed by atoms with Crippen LogP contribution in [0.25, 0.3) is 11.0 Å². The Labute approximate surface area is 150 Å². The van der Waals surface area contributed by atoms with Crippen LogP contribution >= 0.6 is 11.6 Å². The van der Waals surface area contributed by atoms with Gasteiger partial charge < -0.3 is 14.1 Å². The Balaban J connectivity index is 1.91. The molecular formula is C20H18ClNO3. The van der Waals surface area contributed by atoms with Crippen molar-refractivity contribution in [3.05, 3.63) is 68.5 Å². The van der Waals surface area contributed by atoms with Crippen molar-refractivity contribution in [2.45, 2.75) is 26.8 Å². The first kappa shape index (κ1) is 16.0. The monoisotopic (exact) mass is 355 g/mol. The molecule has 1 aliphatic heterocycles. The summed E-state index contributed by atoms with van der Waals surface area (Å²) in [5.74, 6) is 0.607. The maximum atomic E-state index is 12.0. The zero-order chi connectivity index (χ0) is 17.6. The Kier molecular flexibility index (Phi) is 3.92. The molecular weight excluding hydrogens is 338 g/mol. The fourth-order valence-electron chi connectivity index (χ4n) is 3.42. The highest BCUT2D eigenvalue weighted by Gasteiger charge is 2.25. The Morgan fingerprint density at radius 3 is 2.80 bits per heavy atom. The van der Waals surface area contributed by atoms with E-state index in [1.54, 1.807) is 0 Å². The lowest BCUT2D eigenvalue weighted by Gasteiger charge is -2.32. The van der Waals surface area contributed by atoms with Crippen molar-refractivity contribution in [1.29, 1.82) is 0 Å².